The maximum atomic E-state index is 5.84. The zero-order chi connectivity index (χ0) is 16.4. The Balaban J connectivity index is 2.09. The summed E-state index contributed by atoms with van der Waals surface area (Å²) < 4.78 is 12.5. The molecule has 0 bridgehead atoms. The summed E-state index contributed by atoms with van der Waals surface area (Å²) in [6.07, 6.45) is 0.0816. The predicted molar refractivity (Wildman–Crippen MR) is 96.2 cm³/mol. The second kappa shape index (κ2) is 6.62. The minimum Gasteiger partial charge on any atom is -0.490 e. The third kappa shape index (κ3) is 3.34. The van der Waals surface area contributed by atoms with Gasteiger partial charge in [-0.3, -0.25) is 0 Å². The summed E-state index contributed by atoms with van der Waals surface area (Å²) in [7, 11) is 0. The molecule has 0 fully saturated rings. The van der Waals surface area contributed by atoms with Gasteiger partial charge >= 0.3 is 0 Å². The zero-order valence-corrected chi connectivity index (χ0v) is 15.0. The summed E-state index contributed by atoms with van der Waals surface area (Å²) in [5.74, 6) is 2.25. The molecule has 0 saturated heterocycles. The quantitative estimate of drug-likeness (QED) is 0.669. The van der Waals surface area contributed by atoms with Crippen LogP contribution in [0.5, 0.6) is 11.5 Å². The van der Waals surface area contributed by atoms with E-state index >= 15 is 0 Å². The normalized spacial score (nSPS) is 11.2. The van der Waals surface area contributed by atoms with E-state index in [0.717, 1.165) is 38.4 Å². The molecule has 2 aromatic carbocycles. The number of rotatable bonds is 5. The van der Waals surface area contributed by atoms with Gasteiger partial charge in [0.25, 0.3) is 0 Å². The maximum absolute atomic E-state index is 5.84. The van der Waals surface area contributed by atoms with Crippen LogP contribution in [0, 0.1) is 0 Å². The van der Waals surface area contributed by atoms with Gasteiger partial charge in [0.05, 0.1) is 23.7 Å². The topological polar surface area (TPSA) is 47.1 Å². The number of fused-ring (bicyclic) bond motifs is 1. The molecule has 0 spiro atoms. The number of aromatic nitrogens is 2. The van der Waals surface area contributed by atoms with Gasteiger partial charge in [0.2, 0.25) is 0 Å². The van der Waals surface area contributed by atoms with Crippen molar-refractivity contribution < 1.29 is 9.47 Å². The van der Waals surface area contributed by atoms with Crippen LogP contribution in [-0.4, -0.2) is 22.7 Å². The molecule has 0 atom stereocenters. The molecule has 4 nitrogen and oxygen atoms in total. The molecule has 0 radical (unpaired) electrons. The van der Waals surface area contributed by atoms with Crippen LogP contribution in [0.15, 0.2) is 40.9 Å². The molecular weight excluding hydrogens is 356 g/mol. The van der Waals surface area contributed by atoms with E-state index in [0.29, 0.717) is 6.61 Å². The van der Waals surface area contributed by atoms with Crippen molar-refractivity contribution in [2.75, 3.05) is 6.61 Å². The average Bonchev–Trinajstić information content (AvgIpc) is 2.93. The lowest BCUT2D eigenvalue weighted by molar-refractivity contribution is 0.224. The summed E-state index contributed by atoms with van der Waals surface area (Å²) in [5, 5.41) is 0. The fraction of sp³-hybridized carbons (Fsp3) is 0.278. The van der Waals surface area contributed by atoms with Gasteiger partial charge in [0.15, 0.2) is 11.5 Å². The first-order valence-corrected chi connectivity index (χ1v) is 8.46. The molecule has 0 aliphatic heterocycles. The number of hydrogen-bond donors (Lipinski definition) is 1. The number of hydrogen-bond acceptors (Lipinski definition) is 3. The average molecular weight is 375 g/mol. The van der Waals surface area contributed by atoms with E-state index in [1.54, 1.807) is 0 Å². The number of benzene rings is 2. The Morgan fingerprint density at radius 3 is 2.65 bits per heavy atom. The highest BCUT2D eigenvalue weighted by molar-refractivity contribution is 9.10. The van der Waals surface area contributed by atoms with Gasteiger partial charge in [-0.1, -0.05) is 12.1 Å². The first-order chi connectivity index (χ1) is 11.1. The minimum absolute atomic E-state index is 0.0816. The van der Waals surface area contributed by atoms with Crippen molar-refractivity contribution in [2.24, 2.45) is 0 Å². The van der Waals surface area contributed by atoms with Crippen molar-refractivity contribution in [2.45, 2.75) is 26.9 Å². The third-order valence-electron chi connectivity index (χ3n) is 3.34. The van der Waals surface area contributed by atoms with Crippen LogP contribution >= 0.6 is 15.9 Å². The summed E-state index contributed by atoms with van der Waals surface area (Å²) in [6.45, 7) is 6.53. The van der Waals surface area contributed by atoms with Crippen LogP contribution in [0.1, 0.15) is 20.8 Å². The number of nitrogens with zero attached hydrogens (tertiary/aromatic N) is 1. The first kappa shape index (κ1) is 15.9. The van der Waals surface area contributed by atoms with Gasteiger partial charge in [-0.25, -0.2) is 4.98 Å². The van der Waals surface area contributed by atoms with Crippen LogP contribution < -0.4 is 9.47 Å². The molecule has 1 heterocycles. The number of H-pyrrole nitrogens is 1. The van der Waals surface area contributed by atoms with Crippen LogP contribution in [0.4, 0.5) is 0 Å². The van der Waals surface area contributed by atoms with Crippen LogP contribution in [0.2, 0.25) is 0 Å². The number of imidazole rings is 1. The molecule has 5 heteroatoms. The summed E-state index contributed by atoms with van der Waals surface area (Å²) >= 11 is 3.62. The summed E-state index contributed by atoms with van der Waals surface area (Å²) in [4.78, 5) is 8.00. The SMILES string of the molecule is CCOc1cc(-c2nc3ccccc3[nH]2)c(Br)cc1OC(C)C. The van der Waals surface area contributed by atoms with Crippen molar-refractivity contribution in [1.29, 1.82) is 0 Å². The molecule has 3 aromatic rings. The number of para-hydroxylation sites is 2. The number of nitrogens with one attached hydrogen (secondary N) is 1. The highest BCUT2D eigenvalue weighted by Gasteiger charge is 2.15. The highest BCUT2D eigenvalue weighted by Crippen LogP contribution is 2.38. The highest BCUT2D eigenvalue weighted by atomic mass is 79.9. The van der Waals surface area contributed by atoms with Gasteiger partial charge in [0.1, 0.15) is 5.82 Å². The lowest BCUT2D eigenvalue weighted by Gasteiger charge is -2.16. The van der Waals surface area contributed by atoms with E-state index in [4.69, 9.17) is 9.47 Å². The summed E-state index contributed by atoms with van der Waals surface area (Å²) in [6, 6.07) is 11.9. The van der Waals surface area contributed by atoms with Crippen molar-refractivity contribution >= 4 is 27.0 Å². The van der Waals surface area contributed by atoms with Crippen LogP contribution in [0.3, 0.4) is 0 Å². The smallest absolute Gasteiger partial charge is 0.162 e. The Hall–Kier alpha value is -2.01. The standard InChI is InChI=1S/C18H19BrN2O2/c1-4-22-16-9-12(13(19)10-17(16)23-11(2)3)18-20-14-7-5-6-8-15(14)21-18/h5-11H,4H2,1-3H3,(H,20,21). The molecule has 23 heavy (non-hydrogen) atoms. The number of aromatic amines is 1. The number of halogens is 1. The lowest BCUT2D eigenvalue weighted by atomic mass is 10.2. The largest absolute Gasteiger partial charge is 0.490 e. The molecule has 0 saturated carbocycles. The third-order valence-corrected chi connectivity index (χ3v) is 4.00. The van der Waals surface area contributed by atoms with E-state index in [1.165, 1.54) is 0 Å². The Bertz CT molecular complexity index is 794. The predicted octanol–water partition coefficient (Wildman–Crippen LogP) is 5.18. The number of ether oxygens (including phenoxy) is 2. The molecule has 0 amide bonds. The molecule has 1 N–H and O–H groups in total. The van der Waals surface area contributed by atoms with Crippen molar-refractivity contribution in [3.63, 3.8) is 0 Å². The van der Waals surface area contributed by atoms with Gasteiger partial charge < -0.3 is 14.5 Å². The minimum atomic E-state index is 0.0816. The van der Waals surface area contributed by atoms with E-state index in [9.17, 15) is 0 Å². The zero-order valence-electron chi connectivity index (χ0n) is 13.4. The van der Waals surface area contributed by atoms with Gasteiger partial charge in [-0.05, 0) is 61.0 Å². The Morgan fingerprint density at radius 1 is 1.17 bits per heavy atom. The summed E-state index contributed by atoms with van der Waals surface area (Å²) in [5.41, 5.74) is 2.89. The maximum Gasteiger partial charge on any atom is 0.162 e. The molecule has 0 unspecified atom stereocenters. The fourth-order valence-electron chi connectivity index (χ4n) is 2.41. The van der Waals surface area contributed by atoms with Gasteiger partial charge in [-0.15, -0.1) is 0 Å². The molecule has 3 rings (SSSR count). The Labute approximate surface area is 144 Å². The first-order valence-electron chi connectivity index (χ1n) is 7.66. The molecule has 120 valence electrons. The molecular formula is C18H19BrN2O2. The molecule has 1 aromatic heterocycles. The molecule has 0 aliphatic rings. The van der Waals surface area contributed by atoms with Crippen molar-refractivity contribution in [1.82, 2.24) is 9.97 Å². The van der Waals surface area contributed by atoms with Gasteiger partial charge in [-0.2, -0.15) is 0 Å². The fourth-order valence-corrected chi connectivity index (χ4v) is 2.92. The molecule has 0 aliphatic carbocycles. The van der Waals surface area contributed by atoms with Crippen LogP contribution in [0.25, 0.3) is 22.4 Å². The van der Waals surface area contributed by atoms with E-state index in [1.807, 2.05) is 57.2 Å². The second-order valence-electron chi connectivity index (χ2n) is 5.48. The van der Waals surface area contributed by atoms with Crippen molar-refractivity contribution in [3.8, 4) is 22.9 Å². The Morgan fingerprint density at radius 2 is 1.96 bits per heavy atom. The van der Waals surface area contributed by atoms with Crippen LogP contribution in [-0.2, 0) is 0 Å². The Kier molecular flexibility index (Phi) is 4.57. The van der Waals surface area contributed by atoms with E-state index in [-0.39, 0.29) is 6.10 Å². The van der Waals surface area contributed by atoms with E-state index < -0.39 is 0 Å². The lowest BCUT2D eigenvalue weighted by Crippen LogP contribution is -2.07. The van der Waals surface area contributed by atoms with E-state index in [2.05, 4.69) is 25.9 Å². The monoisotopic (exact) mass is 374 g/mol. The van der Waals surface area contributed by atoms with Gasteiger partial charge in [0, 0.05) is 10.0 Å². The second-order valence-corrected chi connectivity index (χ2v) is 6.34. The van der Waals surface area contributed by atoms with Crippen molar-refractivity contribution in [3.05, 3.63) is 40.9 Å².